The van der Waals surface area contributed by atoms with E-state index in [0.29, 0.717) is 48.1 Å². The number of nitrogens with one attached hydrogen (secondary N) is 1. The summed E-state index contributed by atoms with van der Waals surface area (Å²) in [6.07, 6.45) is 1.77. The SMILES string of the molecule is CSc1cc(F)cc(F)c1NC(C)c1cc(C)cc2c(=O)n(C)c(N3CCOCC3)nc12. The predicted molar refractivity (Wildman–Crippen MR) is 125 cm³/mol. The molecule has 1 aromatic heterocycles. The highest BCUT2D eigenvalue weighted by molar-refractivity contribution is 7.98. The van der Waals surface area contributed by atoms with Crippen molar-refractivity contribution < 1.29 is 13.5 Å². The minimum atomic E-state index is -0.656. The molecule has 6 nitrogen and oxygen atoms in total. The van der Waals surface area contributed by atoms with Gasteiger partial charge in [-0.2, -0.15) is 0 Å². The first-order valence-corrected chi connectivity index (χ1v) is 11.7. The Morgan fingerprint density at radius 3 is 2.59 bits per heavy atom. The highest BCUT2D eigenvalue weighted by Gasteiger charge is 2.22. The Labute approximate surface area is 189 Å². The van der Waals surface area contributed by atoms with Crippen LogP contribution in [0, 0.1) is 18.6 Å². The summed E-state index contributed by atoms with van der Waals surface area (Å²) in [5.41, 5.74) is 2.37. The molecule has 9 heteroatoms. The highest BCUT2D eigenvalue weighted by atomic mass is 32.2. The van der Waals surface area contributed by atoms with Crippen LogP contribution in [0.2, 0.25) is 0 Å². The van der Waals surface area contributed by atoms with Crippen molar-refractivity contribution in [2.24, 2.45) is 7.05 Å². The van der Waals surface area contributed by atoms with Crippen molar-refractivity contribution in [3.63, 3.8) is 0 Å². The molecule has 0 spiro atoms. The molecule has 4 rings (SSSR count). The van der Waals surface area contributed by atoms with Gasteiger partial charge >= 0.3 is 0 Å². The summed E-state index contributed by atoms with van der Waals surface area (Å²) in [4.78, 5) is 20.6. The number of aryl methyl sites for hydroxylation is 1. The molecule has 0 aliphatic carbocycles. The Kier molecular flexibility index (Phi) is 6.39. The molecular weight excluding hydrogens is 434 g/mol. The minimum absolute atomic E-state index is 0.133. The lowest BCUT2D eigenvalue weighted by Gasteiger charge is -2.29. The van der Waals surface area contributed by atoms with Crippen LogP contribution in [0.1, 0.15) is 24.1 Å². The van der Waals surface area contributed by atoms with Crippen molar-refractivity contribution in [2.45, 2.75) is 24.8 Å². The van der Waals surface area contributed by atoms with Gasteiger partial charge in [0.05, 0.1) is 35.8 Å². The smallest absolute Gasteiger partial charge is 0.262 e. The quantitative estimate of drug-likeness (QED) is 0.575. The number of halogens is 2. The third-order valence-electron chi connectivity index (χ3n) is 5.69. The summed E-state index contributed by atoms with van der Waals surface area (Å²) in [5.74, 6) is -0.691. The highest BCUT2D eigenvalue weighted by Crippen LogP contribution is 2.34. The first-order chi connectivity index (χ1) is 15.3. The topological polar surface area (TPSA) is 59.4 Å². The Morgan fingerprint density at radius 2 is 1.91 bits per heavy atom. The van der Waals surface area contributed by atoms with Crippen molar-refractivity contribution in [1.82, 2.24) is 9.55 Å². The van der Waals surface area contributed by atoms with Gasteiger partial charge in [-0.05, 0) is 37.8 Å². The third-order valence-corrected chi connectivity index (χ3v) is 6.45. The Morgan fingerprint density at radius 1 is 1.19 bits per heavy atom. The fourth-order valence-corrected chi connectivity index (χ4v) is 4.65. The van der Waals surface area contributed by atoms with E-state index in [1.807, 2.05) is 30.9 Å². The third kappa shape index (κ3) is 4.19. The second-order valence-electron chi connectivity index (χ2n) is 7.96. The molecule has 1 saturated heterocycles. The maximum Gasteiger partial charge on any atom is 0.262 e. The maximum absolute atomic E-state index is 14.6. The number of rotatable bonds is 5. The average Bonchev–Trinajstić information content (AvgIpc) is 2.78. The van der Waals surface area contributed by atoms with Crippen molar-refractivity contribution in [1.29, 1.82) is 0 Å². The summed E-state index contributed by atoms with van der Waals surface area (Å²) in [5, 5.41) is 3.69. The summed E-state index contributed by atoms with van der Waals surface area (Å²) >= 11 is 1.26. The zero-order valence-electron chi connectivity index (χ0n) is 18.5. The summed E-state index contributed by atoms with van der Waals surface area (Å²) in [7, 11) is 1.72. The number of fused-ring (bicyclic) bond motifs is 1. The number of ether oxygens (including phenoxy) is 1. The Bertz CT molecular complexity index is 1230. The molecule has 0 saturated carbocycles. The number of hydrogen-bond acceptors (Lipinski definition) is 6. The van der Waals surface area contributed by atoms with Crippen molar-refractivity contribution in [3.05, 3.63) is 57.4 Å². The summed E-state index contributed by atoms with van der Waals surface area (Å²) in [6.45, 7) is 6.25. The van der Waals surface area contributed by atoms with Crippen LogP contribution in [0.3, 0.4) is 0 Å². The van der Waals surface area contributed by atoms with Crippen LogP contribution in [-0.4, -0.2) is 42.1 Å². The van der Waals surface area contributed by atoms with Gasteiger partial charge < -0.3 is 15.0 Å². The largest absolute Gasteiger partial charge is 0.378 e. The van der Waals surface area contributed by atoms with Gasteiger partial charge in [0, 0.05) is 36.7 Å². The number of benzene rings is 2. The van der Waals surface area contributed by atoms with Crippen molar-refractivity contribution >= 4 is 34.3 Å². The van der Waals surface area contributed by atoms with E-state index < -0.39 is 11.6 Å². The lowest BCUT2D eigenvalue weighted by atomic mass is 10.0. The molecule has 0 bridgehead atoms. The van der Waals surface area contributed by atoms with E-state index in [9.17, 15) is 13.6 Å². The molecule has 1 aliphatic heterocycles. The van der Waals surface area contributed by atoms with E-state index in [1.54, 1.807) is 17.9 Å². The van der Waals surface area contributed by atoms with E-state index >= 15 is 0 Å². The van der Waals surface area contributed by atoms with Gasteiger partial charge in [-0.3, -0.25) is 9.36 Å². The van der Waals surface area contributed by atoms with Gasteiger partial charge in [-0.1, -0.05) is 6.07 Å². The first kappa shape index (κ1) is 22.5. The normalized spacial score (nSPS) is 15.2. The molecule has 2 heterocycles. The van der Waals surface area contributed by atoms with Gasteiger partial charge in [0.1, 0.15) is 11.6 Å². The molecule has 0 amide bonds. The van der Waals surface area contributed by atoms with E-state index in [0.717, 1.165) is 17.2 Å². The number of aromatic nitrogens is 2. The van der Waals surface area contributed by atoms with Crippen LogP contribution < -0.4 is 15.8 Å². The van der Waals surface area contributed by atoms with Crippen LogP contribution in [-0.2, 0) is 11.8 Å². The van der Waals surface area contributed by atoms with Crippen LogP contribution in [0.25, 0.3) is 10.9 Å². The van der Waals surface area contributed by atoms with Gasteiger partial charge in [0.25, 0.3) is 5.56 Å². The Hall–Kier alpha value is -2.65. The molecule has 3 aromatic rings. The van der Waals surface area contributed by atoms with E-state index in [1.165, 1.54) is 17.8 Å². The molecule has 32 heavy (non-hydrogen) atoms. The van der Waals surface area contributed by atoms with Crippen molar-refractivity contribution in [3.8, 4) is 0 Å². The predicted octanol–water partition coefficient (Wildman–Crippen LogP) is 4.25. The maximum atomic E-state index is 14.6. The zero-order chi connectivity index (χ0) is 23.0. The number of morpholine rings is 1. The lowest BCUT2D eigenvalue weighted by molar-refractivity contribution is 0.121. The number of thioether (sulfide) groups is 1. The van der Waals surface area contributed by atoms with Crippen LogP contribution in [0.5, 0.6) is 0 Å². The Balaban J connectivity index is 1.83. The number of anilines is 2. The van der Waals surface area contributed by atoms with Crippen molar-refractivity contribution in [2.75, 3.05) is 42.8 Å². The molecule has 1 fully saturated rings. The molecule has 1 N–H and O–H groups in total. The minimum Gasteiger partial charge on any atom is -0.378 e. The molecule has 1 unspecified atom stereocenters. The standard InChI is InChI=1S/C23H26F2N4O2S/c1-13-9-16(14(2)26-21-18(25)11-15(24)12-19(21)32-4)20-17(10-13)22(30)28(3)23(27-20)29-5-7-31-8-6-29/h9-12,14,26H,5-8H2,1-4H3. The molecular formula is C23H26F2N4O2S. The van der Waals surface area contributed by atoms with Gasteiger partial charge in [0.15, 0.2) is 0 Å². The number of nitrogens with zero attached hydrogens (tertiary/aromatic N) is 3. The summed E-state index contributed by atoms with van der Waals surface area (Å²) < 4.78 is 35.3. The average molecular weight is 461 g/mol. The van der Waals surface area contributed by atoms with Gasteiger partial charge in [0.2, 0.25) is 5.95 Å². The molecule has 1 atom stereocenters. The molecule has 0 radical (unpaired) electrons. The first-order valence-electron chi connectivity index (χ1n) is 10.4. The van der Waals surface area contributed by atoms with Gasteiger partial charge in [-0.25, -0.2) is 13.8 Å². The van der Waals surface area contributed by atoms with E-state index in [2.05, 4.69) is 5.32 Å². The van der Waals surface area contributed by atoms with Crippen LogP contribution >= 0.6 is 11.8 Å². The van der Waals surface area contributed by atoms with E-state index in [4.69, 9.17) is 9.72 Å². The van der Waals surface area contributed by atoms with Crippen LogP contribution in [0.15, 0.2) is 34.0 Å². The van der Waals surface area contributed by atoms with Gasteiger partial charge in [-0.15, -0.1) is 11.8 Å². The number of hydrogen-bond donors (Lipinski definition) is 1. The monoisotopic (exact) mass is 460 g/mol. The summed E-state index contributed by atoms with van der Waals surface area (Å²) in [6, 6.07) is 5.58. The van der Waals surface area contributed by atoms with Crippen LogP contribution in [0.4, 0.5) is 20.4 Å². The lowest BCUT2D eigenvalue weighted by Crippen LogP contribution is -2.40. The fourth-order valence-electron chi connectivity index (χ4n) is 4.06. The second kappa shape index (κ2) is 9.07. The molecule has 1 aliphatic rings. The zero-order valence-corrected chi connectivity index (χ0v) is 19.4. The fraction of sp³-hybridized carbons (Fsp3) is 0.391. The molecule has 2 aromatic carbocycles. The molecule has 170 valence electrons. The van der Waals surface area contributed by atoms with E-state index in [-0.39, 0.29) is 17.3 Å². The second-order valence-corrected chi connectivity index (χ2v) is 8.80.